The van der Waals surface area contributed by atoms with Crippen LogP contribution in [0.15, 0.2) is 48.6 Å². The smallest absolute Gasteiger partial charge is 0.00298 e. The Hall–Kier alpha value is -1.30. The fraction of sp³-hybridized carbons (Fsp3) is 0.444. The van der Waals surface area contributed by atoms with Crippen molar-refractivity contribution in [3.8, 4) is 0 Å². The molecule has 0 heteroatoms. The first kappa shape index (κ1) is 13.1. The minimum atomic E-state index is 0.175. The Balaban J connectivity index is 2.45. The van der Waals surface area contributed by atoms with Crippen molar-refractivity contribution in [2.45, 2.75) is 34.6 Å². The highest BCUT2D eigenvalue weighted by molar-refractivity contribution is 5.73. The molecule has 0 saturated carbocycles. The third-order valence-corrected chi connectivity index (χ3v) is 4.06. The molecule has 1 aromatic rings. The monoisotopic (exact) mass is 240 g/mol. The van der Waals surface area contributed by atoms with Crippen molar-refractivity contribution < 1.29 is 0 Å². The summed E-state index contributed by atoms with van der Waals surface area (Å²) in [5.41, 5.74) is 3.26. The number of hydrogen-bond donors (Lipinski definition) is 0. The summed E-state index contributed by atoms with van der Waals surface area (Å²) in [6.45, 7) is 11.7. The van der Waals surface area contributed by atoms with Crippen LogP contribution in [-0.2, 0) is 0 Å². The Kier molecular flexibility index (Phi) is 3.23. The molecule has 2 rings (SSSR count). The van der Waals surface area contributed by atoms with E-state index in [1.54, 1.807) is 0 Å². The summed E-state index contributed by atoms with van der Waals surface area (Å²) < 4.78 is 0. The van der Waals surface area contributed by atoms with Crippen LogP contribution in [0.4, 0.5) is 0 Å². The minimum absolute atomic E-state index is 0.175. The average Bonchev–Trinajstić information content (AvgIpc) is 2.27. The molecule has 96 valence electrons. The van der Waals surface area contributed by atoms with Crippen molar-refractivity contribution in [2.24, 2.45) is 16.7 Å². The van der Waals surface area contributed by atoms with Gasteiger partial charge in [0.1, 0.15) is 0 Å². The summed E-state index contributed by atoms with van der Waals surface area (Å²) in [5.74, 6) is 0.560. The lowest BCUT2D eigenvalue weighted by Crippen LogP contribution is -2.35. The molecule has 0 aromatic heterocycles. The Morgan fingerprint density at radius 1 is 1.00 bits per heavy atom. The van der Waals surface area contributed by atoms with Crippen molar-refractivity contribution in [1.82, 2.24) is 0 Å². The predicted octanol–water partition coefficient (Wildman–Crippen LogP) is 5.33. The summed E-state index contributed by atoms with van der Waals surface area (Å²) in [6, 6.07) is 10.8. The molecule has 0 spiro atoms. The zero-order valence-corrected chi connectivity index (χ0v) is 12.2. The van der Waals surface area contributed by atoms with E-state index < -0.39 is 0 Å². The van der Waals surface area contributed by atoms with Crippen molar-refractivity contribution in [1.29, 1.82) is 0 Å². The van der Waals surface area contributed by atoms with Gasteiger partial charge in [-0.15, -0.1) is 0 Å². The predicted molar refractivity (Wildman–Crippen MR) is 80.3 cm³/mol. The van der Waals surface area contributed by atoms with E-state index in [0.717, 1.165) is 0 Å². The van der Waals surface area contributed by atoms with Crippen LogP contribution in [0.25, 0.3) is 5.57 Å². The molecule has 1 aromatic carbocycles. The zero-order valence-electron chi connectivity index (χ0n) is 12.2. The van der Waals surface area contributed by atoms with Crippen molar-refractivity contribution >= 4 is 5.57 Å². The molecule has 1 atom stereocenters. The summed E-state index contributed by atoms with van der Waals surface area (Å²) in [4.78, 5) is 0. The molecule has 0 N–H and O–H groups in total. The minimum Gasteiger partial charge on any atom is -0.0800 e. The topological polar surface area (TPSA) is 0 Å². The quantitative estimate of drug-likeness (QED) is 0.622. The fourth-order valence-electron chi connectivity index (χ4n) is 3.34. The molecule has 0 amide bonds. The van der Waals surface area contributed by atoms with E-state index >= 15 is 0 Å². The lowest BCUT2D eigenvalue weighted by molar-refractivity contribution is 0.180. The van der Waals surface area contributed by atoms with E-state index in [1.807, 2.05) is 0 Å². The summed E-state index contributed by atoms with van der Waals surface area (Å²) >= 11 is 0. The first-order valence-corrected chi connectivity index (χ1v) is 6.78. The maximum absolute atomic E-state index is 2.37. The van der Waals surface area contributed by atoms with Crippen molar-refractivity contribution in [2.75, 3.05) is 0 Å². The molecule has 0 fully saturated rings. The zero-order chi connectivity index (χ0) is 13.4. The Labute approximate surface area is 111 Å². The average molecular weight is 240 g/mol. The van der Waals surface area contributed by atoms with Gasteiger partial charge >= 0.3 is 0 Å². The number of hydrogen-bond acceptors (Lipinski definition) is 0. The van der Waals surface area contributed by atoms with Gasteiger partial charge in [-0.25, -0.2) is 0 Å². The fourth-order valence-corrected chi connectivity index (χ4v) is 3.34. The van der Waals surface area contributed by atoms with E-state index in [9.17, 15) is 0 Å². The Morgan fingerprint density at radius 2 is 1.61 bits per heavy atom. The standard InChI is InChI=1S/C18H24/c1-17(2,3)16-13-9-12-15(18(16,4)5)14-10-7-6-8-11-14/h6-13,16H,1-5H3. The molecule has 1 aliphatic carbocycles. The lowest BCUT2D eigenvalue weighted by Gasteiger charge is -2.44. The molecule has 0 bridgehead atoms. The van der Waals surface area contributed by atoms with Gasteiger partial charge in [0, 0.05) is 0 Å². The maximum Gasteiger partial charge on any atom is -0.00298 e. The van der Waals surface area contributed by atoms with E-state index in [2.05, 4.69) is 83.2 Å². The van der Waals surface area contributed by atoms with Gasteiger partial charge in [-0.2, -0.15) is 0 Å². The second-order valence-corrected chi connectivity index (χ2v) is 6.90. The lowest BCUT2D eigenvalue weighted by atomic mass is 9.60. The molecule has 1 aliphatic rings. The Morgan fingerprint density at radius 3 is 2.17 bits per heavy atom. The van der Waals surface area contributed by atoms with Gasteiger partial charge in [-0.05, 0) is 27.9 Å². The molecular formula is C18H24. The summed E-state index contributed by atoms with van der Waals surface area (Å²) in [5, 5.41) is 0. The van der Waals surface area contributed by atoms with Gasteiger partial charge in [0.25, 0.3) is 0 Å². The van der Waals surface area contributed by atoms with Crippen LogP contribution in [0.1, 0.15) is 40.2 Å². The maximum atomic E-state index is 2.37. The first-order chi connectivity index (χ1) is 8.33. The third kappa shape index (κ3) is 2.29. The van der Waals surface area contributed by atoms with Crippen molar-refractivity contribution in [3.05, 3.63) is 54.1 Å². The third-order valence-electron chi connectivity index (χ3n) is 4.06. The van der Waals surface area contributed by atoms with Crippen LogP contribution in [0, 0.1) is 16.7 Å². The molecule has 0 heterocycles. The van der Waals surface area contributed by atoms with Gasteiger partial charge in [0.2, 0.25) is 0 Å². The van der Waals surface area contributed by atoms with Gasteiger partial charge in [0.15, 0.2) is 0 Å². The second kappa shape index (κ2) is 4.42. The highest BCUT2D eigenvalue weighted by Crippen LogP contribution is 2.50. The SMILES string of the molecule is CC(C)(C)C1C=CC=C(c2ccccc2)C1(C)C. The molecule has 18 heavy (non-hydrogen) atoms. The summed E-state index contributed by atoms with van der Waals surface area (Å²) in [6.07, 6.45) is 6.87. The Bertz CT molecular complexity index is 467. The summed E-state index contributed by atoms with van der Waals surface area (Å²) in [7, 11) is 0. The second-order valence-electron chi connectivity index (χ2n) is 6.90. The van der Waals surface area contributed by atoms with Gasteiger partial charge in [0.05, 0.1) is 0 Å². The van der Waals surface area contributed by atoms with Gasteiger partial charge in [-0.1, -0.05) is 83.2 Å². The van der Waals surface area contributed by atoms with E-state index in [-0.39, 0.29) is 10.8 Å². The van der Waals surface area contributed by atoms with E-state index in [4.69, 9.17) is 0 Å². The van der Waals surface area contributed by atoms with Crippen LogP contribution in [0.2, 0.25) is 0 Å². The van der Waals surface area contributed by atoms with Crippen LogP contribution in [-0.4, -0.2) is 0 Å². The largest absolute Gasteiger partial charge is 0.0800 e. The molecule has 1 unspecified atom stereocenters. The van der Waals surface area contributed by atoms with Gasteiger partial charge in [-0.3, -0.25) is 0 Å². The van der Waals surface area contributed by atoms with Crippen LogP contribution >= 0.6 is 0 Å². The molecule has 0 nitrogen and oxygen atoms in total. The van der Waals surface area contributed by atoms with E-state index in [0.29, 0.717) is 5.92 Å². The molecule has 0 saturated heterocycles. The van der Waals surface area contributed by atoms with Crippen LogP contribution in [0.5, 0.6) is 0 Å². The number of benzene rings is 1. The number of allylic oxidation sites excluding steroid dienone is 4. The van der Waals surface area contributed by atoms with Gasteiger partial charge < -0.3 is 0 Å². The number of rotatable bonds is 1. The van der Waals surface area contributed by atoms with Crippen molar-refractivity contribution in [3.63, 3.8) is 0 Å². The van der Waals surface area contributed by atoms with Crippen LogP contribution in [0.3, 0.4) is 0 Å². The van der Waals surface area contributed by atoms with Crippen LogP contribution < -0.4 is 0 Å². The highest BCUT2D eigenvalue weighted by Gasteiger charge is 2.40. The van der Waals surface area contributed by atoms with E-state index in [1.165, 1.54) is 11.1 Å². The first-order valence-electron chi connectivity index (χ1n) is 6.78. The molecule has 0 aliphatic heterocycles. The normalized spacial score (nSPS) is 22.7. The molecular weight excluding hydrogens is 216 g/mol. The molecule has 0 radical (unpaired) electrons. The highest BCUT2D eigenvalue weighted by atomic mass is 14.4.